The van der Waals surface area contributed by atoms with Crippen molar-refractivity contribution in [1.82, 2.24) is 10.6 Å². The number of aliphatic hydroxyl groups is 1. The van der Waals surface area contributed by atoms with Crippen LogP contribution in [0.15, 0.2) is 0 Å². The van der Waals surface area contributed by atoms with Crippen LogP contribution in [0, 0.1) is 5.92 Å². The molecule has 5 heteroatoms. The molecule has 0 aliphatic heterocycles. The zero-order chi connectivity index (χ0) is 15.1. The summed E-state index contributed by atoms with van der Waals surface area (Å²) < 4.78 is 0. The number of rotatable bonds is 6. The molecular formula is C16H28N2O3. The minimum atomic E-state index is -0.426. The summed E-state index contributed by atoms with van der Waals surface area (Å²) in [5.41, 5.74) is -0.426. The molecule has 2 aliphatic rings. The molecule has 21 heavy (non-hydrogen) atoms. The largest absolute Gasteiger partial charge is 0.394 e. The molecule has 0 saturated heterocycles. The predicted octanol–water partition coefficient (Wildman–Crippen LogP) is 1.49. The molecule has 120 valence electrons. The van der Waals surface area contributed by atoms with Gasteiger partial charge in [0.2, 0.25) is 11.8 Å². The highest BCUT2D eigenvalue weighted by atomic mass is 16.3. The van der Waals surface area contributed by atoms with Crippen molar-refractivity contribution in [3.8, 4) is 0 Å². The molecule has 0 radical (unpaired) electrons. The van der Waals surface area contributed by atoms with Crippen LogP contribution in [0.3, 0.4) is 0 Å². The van der Waals surface area contributed by atoms with Crippen molar-refractivity contribution in [2.24, 2.45) is 5.92 Å². The van der Waals surface area contributed by atoms with Crippen LogP contribution in [0.1, 0.15) is 64.2 Å². The molecule has 2 aliphatic carbocycles. The molecule has 3 N–H and O–H groups in total. The van der Waals surface area contributed by atoms with E-state index >= 15 is 0 Å². The van der Waals surface area contributed by atoms with Gasteiger partial charge in [0.1, 0.15) is 0 Å². The summed E-state index contributed by atoms with van der Waals surface area (Å²) in [5, 5.41) is 15.4. The standard InChI is InChI=1S/C16H28N2O3/c19-12-16(9-4-1-5-10-16)18-14(20)8-11-17-15(21)13-6-2-3-7-13/h13,19H,1-12H2,(H,17,21)(H,18,20). The van der Waals surface area contributed by atoms with Gasteiger partial charge in [0.15, 0.2) is 0 Å². The highest BCUT2D eigenvalue weighted by Gasteiger charge is 2.32. The average molecular weight is 296 g/mol. The van der Waals surface area contributed by atoms with Crippen LogP contribution < -0.4 is 10.6 Å². The van der Waals surface area contributed by atoms with Gasteiger partial charge in [-0.25, -0.2) is 0 Å². The molecular weight excluding hydrogens is 268 g/mol. The maximum atomic E-state index is 12.0. The topological polar surface area (TPSA) is 78.4 Å². The van der Waals surface area contributed by atoms with Gasteiger partial charge in [-0.2, -0.15) is 0 Å². The lowest BCUT2D eigenvalue weighted by atomic mass is 9.82. The number of nitrogens with one attached hydrogen (secondary N) is 2. The maximum Gasteiger partial charge on any atom is 0.223 e. The monoisotopic (exact) mass is 296 g/mol. The number of carbonyl (C=O) groups is 2. The summed E-state index contributed by atoms with van der Waals surface area (Å²) in [4.78, 5) is 23.9. The van der Waals surface area contributed by atoms with E-state index in [9.17, 15) is 14.7 Å². The highest BCUT2D eigenvalue weighted by molar-refractivity contribution is 5.80. The smallest absolute Gasteiger partial charge is 0.223 e. The molecule has 5 nitrogen and oxygen atoms in total. The van der Waals surface area contributed by atoms with Gasteiger partial charge in [-0.3, -0.25) is 9.59 Å². The van der Waals surface area contributed by atoms with Crippen molar-refractivity contribution >= 4 is 11.8 Å². The molecule has 0 spiro atoms. The first-order chi connectivity index (χ1) is 10.2. The van der Waals surface area contributed by atoms with Gasteiger partial charge in [-0.05, 0) is 25.7 Å². The predicted molar refractivity (Wildman–Crippen MR) is 80.6 cm³/mol. The Morgan fingerprint density at radius 3 is 2.33 bits per heavy atom. The molecule has 2 fully saturated rings. The first kappa shape index (κ1) is 16.3. The van der Waals surface area contributed by atoms with Gasteiger partial charge in [0.05, 0.1) is 12.1 Å². The minimum Gasteiger partial charge on any atom is -0.394 e. The average Bonchev–Trinajstić information content (AvgIpc) is 3.02. The van der Waals surface area contributed by atoms with Crippen molar-refractivity contribution in [3.05, 3.63) is 0 Å². The third-order valence-corrected chi connectivity index (χ3v) is 4.90. The maximum absolute atomic E-state index is 12.0. The fourth-order valence-electron chi connectivity index (χ4n) is 3.54. The van der Waals surface area contributed by atoms with E-state index in [1.54, 1.807) is 0 Å². The number of aliphatic hydroxyl groups excluding tert-OH is 1. The summed E-state index contributed by atoms with van der Waals surface area (Å²) in [6.07, 6.45) is 9.51. The van der Waals surface area contributed by atoms with Crippen LogP contribution in [0.25, 0.3) is 0 Å². The number of amides is 2. The molecule has 0 heterocycles. The first-order valence-electron chi connectivity index (χ1n) is 8.35. The van der Waals surface area contributed by atoms with E-state index in [-0.39, 0.29) is 24.3 Å². The van der Waals surface area contributed by atoms with Gasteiger partial charge in [0.25, 0.3) is 0 Å². The Bertz CT molecular complexity index is 359. The molecule has 0 atom stereocenters. The van der Waals surface area contributed by atoms with Crippen molar-refractivity contribution in [2.75, 3.05) is 13.2 Å². The van der Waals surface area contributed by atoms with Crippen LogP contribution in [0.2, 0.25) is 0 Å². The third-order valence-electron chi connectivity index (χ3n) is 4.90. The summed E-state index contributed by atoms with van der Waals surface area (Å²) in [6.45, 7) is 0.399. The molecule has 2 amide bonds. The van der Waals surface area contributed by atoms with Gasteiger partial charge in [-0.15, -0.1) is 0 Å². The van der Waals surface area contributed by atoms with Crippen LogP contribution in [0.5, 0.6) is 0 Å². The Morgan fingerprint density at radius 1 is 1.05 bits per heavy atom. The van der Waals surface area contributed by atoms with Crippen LogP contribution in [0.4, 0.5) is 0 Å². The second kappa shape index (κ2) is 7.78. The quantitative estimate of drug-likeness (QED) is 0.695. The fourth-order valence-corrected chi connectivity index (χ4v) is 3.54. The van der Waals surface area contributed by atoms with Crippen molar-refractivity contribution < 1.29 is 14.7 Å². The summed E-state index contributed by atoms with van der Waals surface area (Å²) in [5.74, 6) is 0.169. The fraction of sp³-hybridized carbons (Fsp3) is 0.875. The lowest BCUT2D eigenvalue weighted by molar-refractivity contribution is -0.125. The van der Waals surface area contributed by atoms with Crippen LogP contribution in [-0.4, -0.2) is 35.6 Å². The minimum absolute atomic E-state index is 0.00712. The normalized spacial score (nSPS) is 22.0. The second-order valence-electron chi connectivity index (χ2n) is 6.57. The van der Waals surface area contributed by atoms with Crippen LogP contribution >= 0.6 is 0 Å². The van der Waals surface area contributed by atoms with Gasteiger partial charge in [-0.1, -0.05) is 32.1 Å². The Balaban J connectivity index is 1.67. The molecule has 2 rings (SSSR count). The van der Waals surface area contributed by atoms with Gasteiger partial charge in [0, 0.05) is 18.9 Å². The summed E-state index contributed by atoms with van der Waals surface area (Å²) in [6, 6.07) is 0. The van der Waals surface area contributed by atoms with E-state index in [1.807, 2.05) is 0 Å². The lowest BCUT2D eigenvalue weighted by Gasteiger charge is -2.36. The molecule has 0 aromatic carbocycles. The third kappa shape index (κ3) is 4.70. The molecule has 0 aromatic heterocycles. The zero-order valence-electron chi connectivity index (χ0n) is 12.8. The molecule has 2 saturated carbocycles. The summed E-state index contributed by atoms with van der Waals surface area (Å²) in [7, 11) is 0. The van der Waals surface area contributed by atoms with Gasteiger partial charge < -0.3 is 15.7 Å². The Hall–Kier alpha value is -1.10. The van der Waals surface area contributed by atoms with Crippen molar-refractivity contribution in [2.45, 2.75) is 69.7 Å². The van der Waals surface area contributed by atoms with E-state index < -0.39 is 5.54 Å². The highest BCUT2D eigenvalue weighted by Crippen LogP contribution is 2.27. The van der Waals surface area contributed by atoms with Crippen LogP contribution in [-0.2, 0) is 9.59 Å². The van der Waals surface area contributed by atoms with E-state index in [0.717, 1.165) is 51.4 Å². The molecule has 0 aromatic rings. The Morgan fingerprint density at radius 2 is 1.71 bits per heavy atom. The Labute approximate surface area is 126 Å². The number of hydrogen-bond acceptors (Lipinski definition) is 3. The number of hydrogen-bond donors (Lipinski definition) is 3. The summed E-state index contributed by atoms with van der Waals surface area (Å²) >= 11 is 0. The van der Waals surface area contributed by atoms with E-state index in [2.05, 4.69) is 10.6 Å². The van der Waals surface area contributed by atoms with E-state index in [1.165, 1.54) is 6.42 Å². The van der Waals surface area contributed by atoms with E-state index in [4.69, 9.17) is 0 Å². The van der Waals surface area contributed by atoms with Crippen molar-refractivity contribution in [3.63, 3.8) is 0 Å². The Kier molecular flexibility index (Phi) is 6.03. The lowest BCUT2D eigenvalue weighted by Crippen LogP contribution is -2.53. The molecule has 0 unspecified atom stereocenters. The molecule has 0 bridgehead atoms. The van der Waals surface area contributed by atoms with E-state index in [0.29, 0.717) is 13.0 Å². The second-order valence-corrected chi connectivity index (χ2v) is 6.57. The SMILES string of the molecule is O=C(CCNC(=O)C1CCCC1)NC1(CO)CCCCC1. The zero-order valence-corrected chi connectivity index (χ0v) is 12.8. The van der Waals surface area contributed by atoms with Crippen molar-refractivity contribution in [1.29, 1.82) is 0 Å². The first-order valence-corrected chi connectivity index (χ1v) is 8.35. The number of carbonyl (C=O) groups excluding carboxylic acids is 2. The van der Waals surface area contributed by atoms with Gasteiger partial charge >= 0.3 is 0 Å².